The molecule has 0 bridgehead atoms. The van der Waals surface area contributed by atoms with E-state index in [4.69, 9.17) is 10.00 Å². The van der Waals surface area contributed by atoms with E-state index in [1.165, 1.54) is 0 Å². The fourth-order valence-corrected chi connectivity index (χ4v) is 2.49. The number of benzene rings is 1. The van der Waals surface area contributed by atoms with Gasteiger partial charge in [0.25, 0.3) is 0 Å². The van der Waals surface area contributed by atoms with E-state index in [-0.39, 0.29) is 0 Å². The Kier molecular flexibility index (Phi) is 6.34. The molecule has 4 heteroatoms. The number of hydrogen-bond donors (Lipinski definition) is 0. The van der Waals surface area contributed by atoms with Crippen molar-refractivity contribution in [3.8, 4) is 11.8 Å². The summed E-state index contributed by atoms with van der Waals surface area (Å²) in [7, 11) is -0.716. The van der Waals surface area contributed by atoms with Crippen molar-refractivity contribution in [1.82, 2.24) is 0 Å². The Bertz CT molecular complexity index is 412. The smallest absolute Gasteiger partial charge is 0.120 e. The van der Waals surface area contributed by atoms with Gasteiger partial charge in [-0.05, 0) is 31.0 Å². The minimum atomic E-state index is -0.716. The summed E-state index contributed by atoms with van der Waals surface area (Å²) in [5, 5.41) is 8.72. The molecule has 0 aliphatic carbocycles. The largest absolute Gasteiger partial charge is 0.494 e. The second-order valence-corrected chi connectivity index (χ2v) is 5.39. The predicted octanol–water partition coefficient (Wildman–Crippen LogP) is 2.49. The zero-order chi connectivity index (χ0) is 12.5. The van der Waals surface area contributed by atoms with Crippen LogP contribution in [0.25, 0.3) is 0 Å². The third-order valence-corrected chi connectivity index (χ3v) is 3.79. The summed E-state index contributed by atoms with van der Waals surface area (Å²) in [6.45, 7) is 2.58. The molecule has 0 fully saturated rings. The van der Waals surface area contributed by atoms with Crippen LogP contribution < -0.4 is 4.74 Å². The van der Waals surface area contributed by atoms with E-state index in [1.54, 1.807) is 18.2 Å². The second kappa shape index (κ2) is 7.86. The normalized spacial score (nSPS) is 11.8. The Hall–Kier alpha value is -1.34. The summed E-state index contributed by atoms with van der Waals surface area (Å²) in [4.78, 5) is 0. The fourth-order valence-electron chi connectivity index (χ4n) is 1.40. The number of nitrogens with zero attached hydrogens (tertiary/aromatic N) is 1. The van der Waals surface area contributed by atoms with Gasteiger partial charge in [0.15, 0.2) is 0 Å². The Morgan fingerprint density at radius 3 is 2.94 bits per heavy atom. The van der Waals surface area contributed by atoms with E-state index < -0.39 is 10.8 Å². The van der Waals surface area contributed by atoms with Crippen LogP contribution in [0.15, 0.2) is 24.3 Å². The number of rotatable bonds is 7. The molecule has 0 N–H and O–H groups in total. The molecule has 0 heterocycles. The van der Waals surface area contributed by atoms with Gasteiger partial charge in [0.1, 0.15) is 5.75 Å². The first kappa shape index (κ1) is 13.7. The average Bonchev–Trinajstić information content (AvgIpc) is 2.35. The maximum atomic E-state index is 11.4. The van der Waals surface area contributed by atoms with Crippen molar-refractivity contribution in [2.45, 2.75) is 19.8 Å². The molecular formula is C13H17NO2S. The SMILES string of the molecule is CCCS(=O)CCCOc1cccc(C#N)c1. The zero-order valence-electron chi connectivity index (χ0n) is 10.0. The molecule has 0 saturated carbocycles. The van der Waals surface area contributed by atoms with E-state index >= 15 is 0 Å². The lowest BCUT2D eigenvalue weighted by molar-refractivity contribution is 0.318. The van der Waals surface area contributed by atoms with E-state index in [1.807, 2.05) is 13.0 Å². The number of nitriles is 1. The number of hydrogen-bond acceptors (Lipinski definition) is 3. The van der Waals surface area contributed by atoms with Crippen molar-refractivity contribution in [2.75, 3.05) is 18.1 Å². The molecule has 1 unspecified atom stereocenters. The predicted molar refractivity (Wildman–Crippen MR) is 69.4 cm³/mol. The van der Waals surface area contributed by atoms with Crippen LogP contribution in [0.4, 0.5) is 0 Å². The van der Waals surface area contributed by atoms with E-state index in [0.29, 0.717) is 23.7 Å². The van der Waals surface area contributed by atoms with E-state index in [0.717, 1.165) is 18.6 Å². The van der Waals surface area contributed by atoms with Crippen LogP contribution >= 0.6 is 0 Å². The average molecular weight is 251 g/mol. The van der Waals surface area contributed by atoms with Crippen LogP contribution in [0.2, 0.25) is 0 Å². The maximum Gasteiger partial charge on any atom is 0.120 e. The van der Waals surface area contributed by atoms with Crippen molar-refractivity contribution in [2.24, 2.45) is 0 Å². The highest BCUT2D eigenvalue weighted by molar-refractivity contribution is 7.84. The summed E-state index contributed by atoms with van der Waals surface area (Å²) in [5.74, 6) is 2.15. The third kappa shape index (κ3) is 5.50. The van der Waals surface area contributed by atoms with Crippen LogP contribution in [-0.2, 0) is 10.8 Å². The molecule has 1 rings (SSSR count). The standard InChI is InChI=1S/C13H17NO2S/c1-2-8-17(15)9-4-7-16-13-6-3-5-12(10-13)11-14/h3,5-6,10H,2,4,7-9H2,1H3. The van der Waals surface area contributed by atoms with Gasteiger partial charge in [-0.3, -0.25) is 4.21 Å². The van der Waals surface area contributed by atoms with Gasteiger partial charge in [-0.2, -0.15) is 5.26 Å². The monoisotopic (exact) mass is 251 g/mol. The van der Waals surface area contributed by atoms with Gasteiger partial charge in [-0.25, -0.2) is 0 Å². The summed E-state index contributed by atoms with van der Waals surface area (Å²) in [5.41, 5.74) is 0.594. The van der Waals surface area contributed by atoms with Crippen molar-refractivity contribution in [3.63, 3.8) is 0 Å². The van der Waals surface area contributed by atoms with Crippen LogP contribution in [0.5, 0.6) is 5.75 Å². The van der Waals surface area contributed by atoms with Gasteiger partial charge in [0, 0.05) is 22.3 Å². The Morgan fingerprint density at radius 1 is 1.41 bits per heavy atom. The molecule has 1 aromatic rings. The molecule has 0 aliphatic rings. The van der Waals surface area contributed by atoms with Crippen LogP contribution in [0.3, 0.4) is 0 Å². The molecule has 0 amide bonds. The third-order valence-electron chi connectivity index (χ3n) is 2.18. The lowest BCUT2D eigenvalue weighted by Gasteiger charge is -2.05. The summed E-state index contributed by atoms with van der Waals surface area (Å²) in [6.07, 6.45) is 1.74. The molecule has 0 aromatic heterocycles. The van der Waals surface area contributed by atoms with Crippen LogP contribution in [0, 0.1) is 11.3 Å². The summed E-state index contributed by atoms with van der Waals surface area (Å²) < 4.78 is 16.9. The molecule has 0 aliphatic heterocycles. The Balaban J connectivity index is 2.27. The first-order chi connectivity index (χ1) is 8.26. The topological polar surface area (TPSA) is 50.1 Å². The van der Waals surface area contributed by atoms with Gasteiger partial charge in [0.05, 0.1) is 18.2 Å². The highest BCUT2D eigenvalue weighted by Gasteiger charge is 1.99. The molecule has 0 spiro atoms. The van der Waals surface area contributed by atoms with Gasteiger partial charge >= 0.3 is 0 Å². The maximum absolute atomic E-state index is 11.4. The Morgan fingerprint density at radius 2 is 2.24 bits per heavy atom. The molecule has 1 atom stereocenters. The molecule has 92 valence electrons. The fraction of sp³-hybridized carbons (Fsp3) is 0.462. The van der Waals surface area contributed by atoms with Crippen molar-refractivity contribution < 1.29 is 8.95 Å². The Labute approximate surface area is 105 Å². The molecule has 0 radical (unpaired) electrons. The highest BCUT2D eigenvalue weighted by Crippen LogP contribution is 2.12. The first-order valence-electron chi connectivity index (χ1n) is 5.74. The van der Waals surface area contributed by atoms with E-state index in [9.17, 15) is 4.21 Å². The molecule has 17 heavy (non-hydrogen) atoms. The van der Waals surface area contributed by atoms with Gasteiger partial charge in [-0.15, -0.1) is 0 Å². The minimum absolute atomic E-state index is 0.546. The van der Waals surface area contributed by atoms with Crippen molar-refractivity contribution in [3.05, 3.63) is 29.8 Å². The van der Waals surface area contributed by atoms with Crippen LogP contribution in [0.1, 0.15) is 25.3 Å². The molecule has 1 aromatic carbocycles. The zero-order valence-corrected chi connectivity index (χ0v) is 10.8. The van der Waals surface area contributed by atoms with Crippen molar-refractivity contribution >= 4 is 10.8 Å². The van der Waals surface area contributed by atoms with E-state index in [2.05, 4.69) is 6.07 Å². The number of ether oxygens (including phenoxy) is 1. The van der Waals surface area contributed by atoms with Gasteiger partial charge in [-0.1, -0.05) is 13.0 Å². The van der Waals surface area contributed by atoms with Crippen molar-refractivity contribution in [1.29, 1.82) is 5.26 Å². The lowest BCUT2D eigenvalue weighted by atomic mass is 10.2. The first-order valence-corrected chi connectivity index (χ1v) is 7.23. The molecular weight excluding hydrogens is 234 g/mol. The van der Waals surface area contributed by atoms with Gasteiger partial charge < -0.3 is 4.74 Å². The van der Waals surface area contributed by atoms with Gasteiger partial charge in [0.2, 0.25) is 0 Å². The molecule has 3 nitrogen and oxygen atoms in total. The molecule has 0 saturated heterocycles. The quantitative estimate of drug-likeness (QED) is 0.699. The van der Waals surface area contributed by atoms with Crippen LogP contribution in [-0.4, -0.2) is 22.3 Å². The summed E-state index contributed by atoms with van der Waals surface area (Å²) >= 11 is 0. The summed E-state index contributed by atoms with van der Waals surface area (Å²) in [6, 6.07) is 9.13. The minimum Gasteiger partial charge on any atom is -0.494 e. The lowest BCUT2D eigenvalue weighted by Crippen LogP contribution is -2.06. The second-order valence-electron chi connectivity index (χ2n) is 3.69. The highest BCUT2D eigenvalue weighted by atomic mass is 32.2.